The summed E-state index contributed by atoms with van der Waals surface area (Å²) in [5.41, 5.74) is 7.16. The number of phenolic OH excluding ortho intramolecular Hbond substituents is 1. The fourth-order valence-electron chi connectivity index (χ4n) is 2.55. The molecule has 0 aliphatic heterocycles. The van der Waals surface area contributed by atoms with Crippen LogP contribution in [0.15, 0.2) is 48.6 Å². The molecule has 0 bridgehead atoms. The molecule has 0 radical (unpaired) electrons. The molecule has 2 aromatic carbocycles. The number of anilines is 1. The van der Waals surface area contributed by atoms with Crippen molar-refractivity contribution in [1.29, 1.82) is 0 Å². The molecule has 154 valence electrons. The summed E-state index contributed by atoms with van der Waals surface area (Å²) in [5, 5.41) is 10.3. The third-order valence-electron chi connectivity index (χ3n) is 3.77. The van der Waals surface area contributed by atoms with Gasteiger partial charge in [0.05, 0.1) is 4.70 Å². The first-order chi connectivity index (χ1) is 14.2. The fraction of sp³-hybridized carbons (Fsp3) is 0.143. The van der Waals surface area contributed by atoms with Crippen molar-refractivity contribution in [2.24, 2.45) is 0 Å². The van der Waals surface area contributed by atoms with Crippen LogP contribution in [0.4, 0.5) is 18.3 Å². The van der Waals surface area contributed by atoms with Gasteiger partial charge in [0, 0.05) is 18.1 Å². The van der Waals surface area contributed by atoms with Crippen LogP contribution in [-0.2, 0) is 11.2 Å². The van der Waals surface area contributed by atoms with Crippen molar-refractivity contribution < 1.29 is 27.8 Å². The molecule has 3 rings (SSSR count). The Hall–Kier alpha value is -3.51. The number of ketones is 1. The monoisotopic (exact) mass is 432 g/mol. The quantitative estimate of drug-likeness (QED) is 0.465. The molecule has 5 nitrogen and oxygen atoms in total. The molecule has 0 aliphatic carbocycles. The van der Waals surface area contributed by atoms with Crippen LogP contribution in [0.25, 0.3) is 10.2 Å². The highest BCUT2D eigenvalue weighted by Crippen LogP contribution is 2.31. The van der Waals surface area contributed by atoms with E-state index in [4.69, 9.17) is 10.5 Å². The SMILES string of the molecule is Nc1nc2c(O)cc(C#CCOc3cccc(CC(=O)/C=C/C(F)(F)F)c3)cc2s1. The highest BCUT2D eigenvalue weighted by atomic mass is 32.1. The van der Waals surface area contributed by atoms with Crippen LogP contribution in [0.2, 0.25) is 0 Å². The van der Waals surface area contributed by atoms with E-state index in [9.17, 15) is 23.1 Å². The number of benzene rings is 2. The summed E-state index contributed by atoms with van der Waals surface area (Å²) in [6, 6.07) is 9.72. The zero-order valence-corrected chi connectivity index (χ0v) is 16.2. The van der Waals surface area contributed by atoms with Crippen molar-refractivity contribution in [2.45, 2.75) is 12.6 Å². The Kier molecular flexibility index (Phi) is 6.28. The summed E-state index contributed by atoms with van der Waals surface area (Å²) in [6.45, 7) is 0.0367. The second-order valence-electron chi connectivity index (χ2n) is 6.15. The largest absolute Gasteiger partial charge is 0.506 e. The third kappa shape index (κ3) is 5.99. The molecule has 0 atom stereocenters. The van der Waals surface area contributed by atoms with Gasteiger partial charge in [-0.15, -0.1) is 0 Å². The van der Waals surface area contributed by atoms with E-state index in [1.165, 1.54) is 17.4 Å². The fourth-order valence-corrected chi connectivity index (χ4v) is 3.35. The first-order valence-corrected chi connectivity index (χ1v) is 9.40. The van der Waals surface area contributed by atoms with Crippen molar-refractivity contribution in [3.05, 3.63) is 59.7 Å². The Morgan fingerprint density at radius 2 is 2.10 bits per heavy atom. The normalized spacial score (nSPS) is 11.4. The highest BCUT2D eigenvalue weighted by molar-refractivity contribution is 7.22. The van der Waals surface area contributed by atoms with E-state index in [1.807, 2.05) is 0 Å². The van der Waals surface area contributed by atoms with E-state index >= 15 is 0 Å². The number of nitrogen functional groups attached to an aromatic ring is 1. The molecule has 0 saturated heterocycles. The van der Waals surface area contributed by atoms with Crippen molar-refractivity contribution in [1.82, 2.24) is 4.98 Å². The van der Waals surface area contributed by atoms with Gasteiger partial charge < -0.3 is 15.6 Å². The number of carbonyl (C=O) groups is 1. The average molecular weight is 432 g/mol. The number of hydrogen-bond donors (Lipinski definition) is 2. The van der Waals surface area contributed by atoms with Crippen LogP contribution < -0.4 is 10.5 Å². The Labute approximate surface area is 173 Å². The number of fused-ring (bicyclic) bond motifs is 1. The Morgan fingerprint density at radius 3 is 2.87 bits per heavy atom. The third-order valence-corrected chi connectivity index (χ3v) is 4.60. The molecule has 1 heterocycles. The highest BCUT2D eigenvalue weighted by Gasteiger charge is 2.22. The van der Waals surface area contributed by atoms with E-state index < -0.39 is 12.0 Å². The first kappa shape index (κ1) is 21.2. The van der Waals surface area contributed by atoms with Gasteiger partial charge >= 0.3 is 6.18 Å². The molecule has 3 aromatic rings. The molecule has 3 N–H and O–H groups in total. The topological polar surface area (TPSA) is 85.4 Å². The van der Waals surface area contributed by atoms with Crippen LogP contribution in [0.1, 0.15) is 11.1 Å². The molecule has 0 aliphatic rings. The van der Waals surface area contributed by atoms with Crippen LogP contribution in [0.5, 0.6) is 11.5 Å². The number of aromatic nitrogens is 1. The Balaban J connectivity index is 1.60. The second kappa shape index (κ2) is 8.88. The summed E-state index contributed by atoms with van der Waals surface area (Å²) in [6.07, 6.45) is -4.26. The predicted octanol–water partition coefficient (Wildman–Crippen LogP) is 4.24. The molecule has 0 spiro atoms. The van der Waals surface area contributed by atoms with Crippen molar-refractivity contribution in [3.63, 3.8) is 0 Å². The smallest absolute Gasteiger partial charge is 0.409 e. The summed E-state index contributed by atoms with van der Waals surface area (Å²) < 4.78 is 42.6. The molecule has 0 saturated carbocycles. The number of thiazole rings is 1. The Morgan fingerprint density at radius 1 is 1.30 bits per heavy atom. The van der Waals surface area contributed by atoms with Gasteiger partial charge in [-0.1, -0.05) is 35.3 Å². The van der Waals surface area contributed by atoms with E-state index in [0.717, 1.165) is 4.70 Å². The van der Waals surface area contributed by atoms with Gasteiger partial charge in [0.15, 0.2) is 10.9 Å². The number of carbonyl (C=O) groups excluding carboxylic acids is 1. The molecule has 0 amide bonds. The zero-order valence-electron chi connectivity index (χ0n) is 15.4. The van der Waals surface area contributed by atoms with Crippen molar-refractivity contribution >= 4 is 32.5 Å². The predicted molar refractivity (Wildman–Crippen MR) is 108 cm³/mol. The molecule has 30 heavy (non-hydrogen) atoms. The summed E-state index contributed by atoms with van der Waals surface area (Å²) >= 11 is 1.24. The number of halogens is 3. The first-order valence-electron chi connectivity index (χ1n) is 8.58. The van der Waals surface area contributed by atoms with E-state index in [-0.39, 0.29) is 24.9 Å². The lowest BCUT2D eigenvalue weighted by Gasteiger charge is -2.04. The molecule has 0 unspecified atom stereocenters. The molecule has 1 aromatic heterocycles. The molecule has 0 fully saturated rings. The van der Waals surface area contributed by atoms with Crippen LogP contribution in [0.3, 0.4) is 0 Å². The molecular weight excluding hydrogens is 417 g/mol. The summed E-state index contributed by atoms with van der Waals surface area (Å²) in [5.74, 6) is 5.44. The number of allylic oxidation sites excluding steroid dienone is 2. The maximum absolute atomic E-state index is 12.1. The lowest BCUT2D eigenvalue weighted by Crippen LogP contribution is -2.05. The summed E-state index contributed by atoms with van der Waals surface area (Å²) in [7, 11) is 0. The van der Waals surface area contributed by atoms with Crippen molar-refractivity contribution in [2.75, 3.05) is 12.3 Å². The van der Waals surface area contributed by atoms with Crippen LogP contribution in [0, 0.1) is 11.8 Å². The van der Waals surface area contributed by atoms with E-state index in [2.05, 4.69) is 16.8 Å². The van der Waals surface area contributed by atoms with Gasteiger partial charge in [-0.05, 0) is 35.9 Å². The van der Waals surface area contributed by atoms with Gasteiger partial charge in [0.1, 0.15) is 23.6 Å². The van der Waals surface area contributed by atoms with Gasteiger partial charge in [0.25, 0.3) is 0 Å². The minimum Gasteiger partial charge on any atom is -0.506 e. The zero-order chi connectivity index (χ0) is 21.7. The van der Waals surface area contributed by atoms with Gasteiger partial charge in [0.2, 0.25) is 0 Å². The van der Waals surface area contributed by atoms with E-state index in [0.29, 0.717) is 33.6 Å². The minimum atomic E-state index is -4.52. The lowest BCUT2D eigenvalue weighted by molar-refractivity contribution is -0.114. The molecular formula is C21H15F3N2O3S. The number of ether oxygens (including phenoxy) is 1. The number of phenols is 1. The van der Waals surface area contributed by atoms with Gasteiger partial charge in [-0.2, -0.15) is 13.2 Å². The number of rotatable bonds is 5. The van der Waals surface area contributed by atoms with Crippen molar-refractivity contribution in [3.8, 4) is 23.3 Å². The lowest BCUT2D eigenvalue weighted by atomic mass is 10.1. The Bertz CT molecular complexity index is 1170. The number of hydrogen-bond acceptors (Lipinski definition) is 6. The number of alkyl halides is 3. The van der Waals surface area contributed by atoms with Gasteiger partial charge in [-0.25, -0.2) is 4.98 Å². The maximum Gasteiger partial charge on any atom is 0.409 e. The second-order valence-corrected chi connectivity index (χ2v) is 7.21. The van der Waals surface area contributed by atoms with Crippen LogP contribution in [-0.4, -0.2) is 28.7 Å². The van der Waals surface area contributed by atoms with Crippen LogP contribution >= 0.6 is 11.3 Å². The minimum absolute atomic E-state index is 0.0115. The molecule has 9 heteroatoms. The van der Waals surface area contributed by atoms with E-state index in [1.54, 1.807) is 30.3 Å². The maximum atomic E-state index is 12.1. The number of nitrogens with zero attached hydrogens (tertiary/aromatic N) is 1. The summed E-state index contributed by atoms with van der Waals surface area (Å²) in [4.78, 5) is 15.7. The number of aromatic hydroxyl groups is 1. The number of nitrogens with two attached hydrogens (primary N) is 1. The average Bonchev–Trinajstić information content (AvgIpc) is 3.04. The standard InChI is InChI=1S/C21H15F3N2O3S/c22-21(23,24)7-6-15(27)9-13-3-1-5-16(10-13)29-8-2-4-14-11-17(28)19-18(12-14)30-20(25)26-19/h1,3,5-7,10-12,28H,8-9H2,(H2,25,26)/b7-6+. The van der Waals surface area contributed by atoms with Gasteiger partial charge in [-0.3, -0.25) is 4.79 Å².